The molecule has 0 aromatic heterocycles. The van der Waals surface area contributed by atoms with Gasteiger partial charge in [-0.05, 0) is 12.1 Å². The Morgan fingerprint density at radius 3 is 2.83 bits per heavy atom. The molecule has 7 heteroatoms. The summed E-state index contributed by atoms with van der Waals surface area (Å²) in [6, 6.07) is 7.59. The Morgan fingerprint density at radius 1 is 1.29 bits per heavy atom. The summed E-state index contributed by atoms with van der Waals surface area (Å²) in [6.45, 7) is 2.92. The summed E-state index contributed by atoms with van der Waals surface area (Å²) in [5.41, 5.74) is 1.11. The third kappa shape index (κ3) is 3.95. The number of thioether (sulfide) groups is 1. The number of hydrogen-bond donors (Lipinski definition) is 1. The molecular weight excluding hydrogens is 326 g/mol. The zero-order valence-electron chi connectivity index (χ0n) is 13.9. The molecule has 0 aliphatic carbocycles. The number of nitrogens with zero attached hydrogens (tertiary/aromatic N) is 2. The molecule has 24 heavy (non-hydrogen) atoms. The van der Waals surface area contributed by atoms with Crippen LogP contribution in [0.25, 0.3) is 0 Å². The molecule has 2 heterocycles. The van der Waals surface area contributed by atoms with Crippen molar-refractivity contribution in [3.8, 4) is 5.75 Å². The van der Waals surface area contributed by atoms with Crippen molar-refractivity contribution in [2.24, 2.45) is 0 Å². The molecular formula is C17H23N3O3S. The maximum atomic E-state index is 12.7. The van der Waals surface area contributed by atoms with E-state index in [9.17, 15) is 9.59 Å². The van der Waals surface area contributed by atoms with Crippen LogP contribution in [0.15, 0.2) is 24.3 Å². The maximum absolute atomic E-state index is 12.7. The Balaban J connectivity index is 1.58. The first-order valence-corrected chi connectivity index (χ1v) is 9.38. The first kappa shape index (κ1) is 17.0. The summed E-state index contributed by atoms with van der Waals surface area (Å²) in [5.74, 6) is 2.32. The molecule has 1 aromatic rings. The number of anilines is 1. The van der Waals surface area contributed by atoms with E-state index in [1.165, 1.54) is 0 Å². The summed E-state index contributed by atoms with van der Waals surface area (Å²) in [6.07, 6.45) is 0.498. The van der Waals surface area contributed by atoms with Gasteiger partial charge in [-0.1, -0.05) is 6.07 Å². The molecule has 2 fully saturated rings. The zero-order valence-corrected chi connectivity index (χ0v) is 14.7. The highest BCUT2D eigenvalue weighted by molar-refractivity contribution is 7.99. The molecule has 0 bridgehead atoms. The van der Waals surface area contributed by atoms with Gasteiger partial charge in [0.2, 0.25) is 11.8 Å². The van der Waals surface area contributed by atoms with Crippen molar-refractivity contribution in [1.82, 2.24) is 10.2 Å². The number of benzene rings is 1. The third-order valence-electron chi connectivity index (χ3n) is 4.40. The quantitative estimate of drug-likeness (QED) is 0.881. The van der Waals surface area contributed by atoms with Crippen LogP contribution < -0.4 is 15.0 Å². The molecule has 2 saturated heterocycles. The van der Waals surface area contributed by atoms with Crippen LogP contribution in [-0.2, 0) is 9.59 Å². The average molecular weight is 349 g/mol. The van der Waals surface area contributed by atoms with Gasteiger partial charge in [-0.15, -0.1) is 0 Å². The molecule has 2 aliphatic heterocycles. The van der Waals surface area contributed by atoms with Crippen LogP contribution in [0.5, 0.6) is 5.75 Å². The number of carbonyl (C=O) groups excluding carboxylic acids is 2. The van der Waals surface area contributed by atoms with Crippen LogP contribution in [0.2, 0.25) is 0 Å². The van der Waals surface area contributed by atoms with Crippen molar-refractivity contribution in [2.45, 2.75) is 12.5 Å². The largest absolute Gasteiger partial charge is 0.497 e. The maximum Gasteiger partial charge on any atom is 0.246 e. The average Bonchev–Trinajstić information content (AvgIpc) is 2.86. The van der Waals surface area contributed by atoms with Gasteiger partial charge in [0.1, 0.15) is 11.8 Å². The predicted molar refractivity (Wildman–Crippen MR) is 95.7 cm³/mol. The minimum absolute atomic E-state index is 0.0200. The summed E-state index contributed by atoms with van der Waals surface area (Å²) in [5, 5.41) is 2.85. The van der Waals surface area contributed by atoms with Gasteiger partial charge in [0.25, 0.3) is 0 Å². The Labute approximate surface area is 146 Å². The SMILES string of the molecule is COc1cccc(N2CCN(C(=O)C3CSCCC(=O)N3)CC2)c1. The molecule has 3 rings (SSSR count). The van der Waals surface area contributed by atoms with E-state index in [4.69, 9.17) is 4.74 Å². The van der Waals surface area contributed by atoms with Crippen molar-refractivity contribution in [1.29, 1.82) is 0 Å². The Hall–Kier alpha value is -1.89. The highest BCUT2D eigenvalue weighted by Crippen LogP contribution is 2.22. The molecule has 2 amide bonds. The minimum atomic E-state index is -0.381. The molecule has 2 aliphatic rings. The van der Waals surface area contributed by atoms with Crippen LogP contribution in [0.1, 0.15) is 6.42 Å². The molecule has 1 unspecified atom stereocenters. The van der Waals surface area contributed by atoms with E-state index < -0.39 is 0 Å². The third-order valence-corrected chi connectivity index (χ3v) is 5.46. The van der Waals surface area contributed by atoms with Crippen LogP contribution in [-0.4, -0.2) is 67.6 Å². The normalized spacial score (nSPS) is 21.9. The number of methoxy groups -OCH3 is 1. The molecule has 1 atom stereocenters. The second-order valence-corrected chi connectivity index (χ2v) is 7.11. The summed E-state index contributed by atoms with van der Waals surface area (Å²) >= 11 is 1.67. The van der Waals surface area contributed by atoms with E-state index in [0.29, 0.717) is 25.3 Å². The standard InChI is InChI=1S/C17H23N3O3S/c1-23-14-4-2-3-13(11-14)19-6-8-20(9-7-19)17(22)15-12-24-10-5-16(21)18-15/h2-4,11,15H,5-10,12H2,1H3,(H,18,21). The first-order valence-electron chi connectivity index (χ1n) is 8.22. The van der Waals surface area contributed by atoms with Crippen LogP contribution in [0.3, 0.4) is 0 Å². The van der Waals surface area contributed by atoms with E-state index in [1.54, 1.807) is 18.9 Å². The Bertz CT molecular complexity index is 602. The fourth-order valence-corrected chi connectivity index (χ4v) is 3.98. The minimum Gasteiger partial charge on any atom is -0.497 e. The summed E-state index contributed by atoms with van der Waals surface area (Å²) in [7, 11) is 1.66. The van der Waals surface area contributed by atoms with Crippen LogP contribution in [0.4, 0.5) is 5.69 Å². The molecule has 0 spiro atoms. The van der Waals surface area contributed by atoms with Gasteiger partial charge < -0.3 is 19.9 Å². The fourth-order valence-electron chi connectivity index (χ4n) is 3.02. The molecule has 0 radical (unpaired) electrons. The highest BCUT2D eigenvalue weighted by Gasteiger charge is 2.29. The van der Waals surface area contributed by atoms with E-state index in [2.05, 4.69) is 16.3 Å². The Morgan fingerprint density at radius 2 is 2.08 bits per heavy atom. The van der Waals surface area contributed by atoms with E-state index in [1.807, 2.05) is 23.1 Å². The number of hydrogen-bond acceptors (Lipinski definition) is 5. The first-order chi connectivity index (χ1) is 11.7. The molecule has 1 aromatic carbocycles. The monoisotopic (exact) mass is 349 g/mol. The van der Waals surface area contributed by atoms with Gasteiger partial charge in [0, 0.05) is 55.9 Å². The second-order valence-electron chi connectivity index (χ2n) is 5.96. The Kier molecular flexibility index (Phi) is 5.50. The van der Waals surface area contributed by atoms with E-state index in [-0.39, 0.29) is 17.9 Å². The molecule has 6 nitrogen and oxygen atoms in total. The van der Waals surface area contributed by atoms with Gasteiger partial charge in [0.05, 0.1) is 7.11 Å². The number of carbonyl (C=O) groups is 2. The lowest BCUT2D eigenvalue weighted by atomic mass is 10.2. The highest BCUT2D eigenvalue weighted by atomic mass is 32.2. The molecule has 130 valence electrons. The lowest BCUT2D eigenvalue weighted by Gasteiger charge is -2.37. The van der Waals surface area contributed by atoms with Crippen molar-refractivity contribution < 1.29 is 14.3 Å². The van der Waals surface area contributed by atoms with E-state index >= 15 is 0 Å². The van der Waals surface area contributed by atoms with Crippen molar-refractivity contribution in [3.05, 3.63) is 24.3 Å². The number of rotatable bonds is 3. The van der Waals surface area contributed by atoms with Gasteiger partial charge in [0.15, 0.2) is 0 Å². The topological polar surface area (TPSA) is 61.9 Å². The van der Waals surface area contributed by atoms with Gasteiger partial charge >= 0.3 is 0 Å². The fraction of sp³-hybridized carbons (Fsp3) is 0.529. The predicted octanol–water partition coefficient (Wildman–Crippen LogP) is 0.965. The number of piperazine rings is 1. The van der Waals surface area contributed by atoms with Crippen molar-refractivity contribution in [2.75, 3.05) is 49.7 Å². The number of amides is 2. The van der Waals surface area contributed by atoms with Crippen LogP contribution >= 0.6 is 11.8 Å². The lowest BCUT2D eigenvalue weighted by Crippen LogP contribution is -2.55. The van der Waals surface area contributed by atoms with Crippen LogP contribution in [0, 0.1) is 0 Å². The number of ether oxygens (including phenoxy) is 1. The molecule has 0 saturated carbocycles. The summed E-state index contributed by atoms with van der Waals surface area (Å²) in [4.78, 5) is 28.4. The summed E-state index contributed by atoms with van der Waals surface area (Å²) < 4.78 is 5.27. The van der Waals surface area contributed by atoms with Crippen molar-refractivity contribution >= 4 is 29.3 Å². The van der Waals surface area contributed by atoms with Crippen molar-refractivity contribution in [3.63, 3.8) is 0 Å². The van der Waals surface area contributed by atoms with E-state index in [0.717, 1.165) is 30.3 Å². The smallest absolute Gasteiger partial charge is 0.246 e. The van der Waals surface area contributed by atoms with Gasteiger partial charge in [-0.25, -0.2) is 0 Å². The zero-order chi connectivity index (χ0) is 16.9. The van der Waals surface area contributed by atoms with Gasteiger partial charge in [-0.2, -0.15) is 11.8 Å². The second kappa shape index (κ2) is 7.79. The molecule has 1 N–H and O–H groups in total. The van der Waals surface area contributed by atoms with Gasteiger partial charge in [-0.3, -0.25) is 9.59 Å². The lowest BCUT2D eigenvalue weighted by molar-refractivity contribution is -0.135. The number of nitrogens with one attached hydrogen (secondary N) is 1.